The van der Waals surface area contributed by atoms with Crippen LogP contribution >= 0.6 is 41.4 Å². The first kappa shape index (κ1) is 18.9. The molecule has 0 heterocycles. The van der Waals surface area contributed by atoms with E-state index in [4.69, 9.17) is 32.2 Å². The molecule has 118 valence electrons. The quantitative estimate of drug-likeness (QED) is 0.478. The van der Waals surface area contributed by atoms with E-state index in [2.05, 4.69) is 0 Å². The molecular weight excluding hydrogens is 350 g/mol. The van der Waals surface area contributed by atoms with Crippen LogP contribution in [0.2, 0.25) is 10.0 Å². The molecule has 0 amide bonds. The lowest BCUT2D eigenvalue weighted by Gasteiger charge is -2.20. The summed E-state index contributed by atoms with van der Waals surface area (Å²) in [4.78, 5) is 0. The number of allylic oxidation sites excluding steroid dienone is 1. The first-order valence-electron chi connectivity index (χ1n) is 6.66. The fraction of sp³-hybridized carbons (Fsp3) is 0.429. The molecule has 0 aliphatic carbocycles. The Morgan fingerprint density at radius 1 is 1.29 bits per heavy atom. The van der Waals surface area contributed by atoms with Crippen LogP contribution in [0, 0.1) is 0 Å². The molecule has 1 atom stereocenters. The van der Waals surface area contributed by atoms with Gasteiger partial charge >= 0.3 is 6.80 Å². The zero-order chi connectivity index (χ0) is 15.9. The first-order chi connectivity index (χ1) is 9.97. The lowest BCUT2D eigenvalue weighted by Crippen LogP contribution is -1.98. The van der Waals surface area contributed by atoms with Gasteiger partial charge in [-0.05, 0) is 43.8 Å². The zero-order valence-corrected chi connectivity index (χ0v) is 15.5. The van der Waals surface area contributed by atoms with Crippen LogP contribution in [0.3, 0.4) is 0 Å². The summed E-state index contributed by atoms with van der Waals surface area (Å²) >= 11 is 13.5. The molecule has 1 aromatic rings. The number of halogens is 2. The van der Waals surface area contributed by atoms with Gasteiger partial charge in [0.15, 0.2) is 5.75 Å². The fourth-order valence-electron chi connectivity index (χ4n) is 1.53. The summed E-state index contributed by atoms with van der Waals surface area (Å²) in [5, 5.41) is 0.834. The van der Waals surface area contributed by atoms with E-state index in [0.717, 1.165) is 6.42 Å². The van der Waals surface area contributed by atoms with Gasteiger partial charge in [-0.3, -0.25) is 4.52 Å². The summed E-state index contributed by atoms with van der Waals surface area (Å²) in [5.41, 5.74) is 0.601. The molecule has 0 aliphatic heterocycles. The van der Waals surface area contributed by atoms with Gasteiger partial charge in [0.25, 0.3) is 0 Å². The molecule has 21 heavy (non-hydrogen) atoms. The summed E-state index contributed by atoms with van der Waals surface area (Å²) in [6.07, 6.45) is 4.45. The van der Waals surface area contributed by atoms with Crippen LogP contribution in [0.15, 0.2) is 18.2 Å². The monoisotopic (exact) mass is 368 g/mol. The highest BCUT2D eigenvalue weighted by atomic mass is 35.5. The van der Waals surface area contributed by atoms with E-state index in [1.54, 1.807) is 25.1 Å². The molecule has 0 aromatic heterocycles. The molecule has 3 nitrogen and oxygen atoms in total. The van der Waals surface area contributed by atoms with E-state index >= 15 is 0 Å². The highest BCUT2D eigenvalue weighted by Crippen LogP contribution is 2.61. The average molecular weight is 369 g/mol. The summed E-state index contributed by atoms with van der Waals surface area (Å²) in [6.45, 7) is 2.61. The molecule has 1 unspecified atom stereocenters. The molecule has 0 aliphatic rings. The third kappa shape index (κ3) is 5.54. The first-order valence-corrected chi connectivity index (χ1v) is 10.6. The lowest BCUT2D eigenvalue weighted by atomic mass is 10.2. The minimum absolute atomic E-state index is 0.294. The minimum atomic E-state index is -3.32. The Bertz CT molecular complexity index is 549. The highest BCUT2D eigenvalue weighted by molar-refractivity contribution is 8.55. The number of benzene rings is 1. The van der Waals surface area contributed by atoms with Gasteiger partial charge in [-0.25, -0.2) is 4.57 Å². The van der Waals surface area contributed by atoms with E-state index in [-0.39, 0.29) is 0 Å². The summed E-state index contributed by atoms with van der Waals surface area (Å²) in [7, 11) is 0. The molecule has 0 bridgehead atoms. The molecule has 7 heteroatoms. The number of hydrogen-bond donors (Lipinski definition) is 0. The van der Waals surface area contributed by atoms with Crippen molar-refractivity contribution in [3.8, 4) is 5.75 Å². The molecule has 0 saturated heterocycles. The van der Waals surface area contributed by atoms with Crippen LogP contribution in [-0.2, 0) is 9.09 Å². The van der Waals surface area contributed by atoms with Crippen LogP contribution in [-0.4, -0.2) is 12.4 Å². The van der Waals surface area contributed by atoms with E-state index in [9.17, 15) is 4.57 Å². The number of hydrogen-bond acceptors (Lipinski definition) is 4. The minimum Gasteiger partial charge on any atom is -0.415 e. The van der Waals surface area contributed by atoms with E-state index in [0.29, 0.717) is 33.7 Å². The van der Waals surface area contributed by atoms with Crippen LogP contribution in [0.5, 0.6) is 5.75 Å². The maximum Gasteiger partial charge on any atom is 0.440 e. The Morgan fingerprint density at radius 3 is 2.52 bits per heavy atom. The van der Waals surface area contributed by atoms with Crippen LogP contribution in [0.4, 0.5) is 0 Å². The second-order valence-corrected chi connectivity index (χ2v) is 8.99. The molecular formula is C14H19Cl2O3PS. The van der Waals surface area contributed by atoms with Gasteiger partial charge in [-0.15, -0.1) is 0 Å². The summed E-state index contributed by atoms with van der Waals surface area (Å²) in [6, 6.07) is 3.30. The van der Waals surface area contributed by atoms with Crippen molar-refractivity contribution in [2.45, 2.75) is 27.2 Å². The van der Waals surface area contributed by atoms with Crippen molar-refractivity contribution in [2.24, 2.45) is 0 Å². The normalized spacial score (nSPS) is 14.3. The topological polar surface area (TPSA) is 35.5 Å². The third-order valence-corrected chi connectivity index (χ3v) is 6.92. The Balaban J connectivity index is 3.19. The van der Waals surface area contributed by atoms with Gasteiger partial charge in [-0.1, -0.05) is 42.3 Å². The van der Waals surface area contributed by atoms with Crippen molar-refractivity contribution in [1.29, 1.82) is 0 Å². The van der Waals surface area contributed by atoms with Crippen LogP contribution in [0.25, 0.3) is 6.08 Å². The second kappa shape index (κ2) is 9.12. The molecule has 1 rings (SSSR count). The standard InChI is InChI=1S/C14H19Cl2O3PS/c1-4-7-11-12(15)8-9-13(16)14(11)19-20(17,18-6-3)21-10-5-2/h4,7-9H,5-6,10H2,1-3H3. The smallest absolute Gasteiger partial charge is 0.415 e. The third-order valence-electron chi connectivity index (χ3n) is 2.37. The van der Waals surface area contributed by atoms with Gasteiger partial charge in [0, 0.05) is 11.3 Å². The van der Waals surface area contributed by atoms with Gasteiger partial charge in [0.2, 0.25) is 0 Å². The van der Waals surface area contributed by atoms with Gasteiger partial charge in [0.05, 0.1) is 16.7 Å². The zero-order valence-electron chi connectivity index (χ0n) is 12.3. The van der Waals surface area contributed by atoms with Crippen molar-refractivity contribution in [3.63, 3.8) is 0 Å². The maximum atomic E-state index is 12.8. The predicted molar refractivity (Wildman–Crippen MR) is 93.8 cm³/mol. The molecule has 0 N–H and O–H groups in total. The Morgan fingerprint density at radius 2 is 1.95 bits per heavy atom. The highest BCUT2D eigenvalue weighted by Gasteiger charge is 2.29. The molecule has 0 fully saturated rings. The summed E-state index contributed by atoms with van der Waals surface area (Å²) in [5.74, 6) is 0.969. The van der Waals surface area contributed by atoms with Crippen molar-refractivity contribution in [2.75, 3.05) is 12.4 Å². The maximum absolute atomic E-state index is 12.8. The van der Waals surface area contributed by atoms with Gasteiger partial charge in [0.1, 0.15) is 0 Å². The van der Waals surface area contributed by atoms with Gasteiger partial charge in [-0.2, -0.15) is 0 Å². The Kier molecular flexibility index (Phi) is 8.22. The Hall–Kier alpha value is -0.120. The van der Waals surface area contributed by atoms with Crippen molar-refractivity contribution >= 4 is 47.5 Å². The largest absolute Gasteiger partial charge is 0.440 e. The van der Waals surface area contributed by atoms with E-state index in [1.807, 2.05) is 19.9 Å². The van der Waals surface area contributed by atoms with E-state index in [1.165, 1.54) is 11.4 Å². The average Bonchev–Trinajstić information content (AvgIpc) is 2.45. The fourth-order valence-corrected chi connectivity index (χ4v) is 5.46. The number of rotatable bonds is 8. The SMILES string of the molecule is CC=Cc1c(Cl)ccc(Cl)c1OP(=O)(OCC)SCCC. The summed E-state index contributed by atoms with van der Waals surface area (Å²) < 4.78 is 23.8. The van der Waals surface area contributed by atoms with Crippen molar-refractivity contribution in [3.05, 3.63) is 33.8 Å². The Labute approximate surface area is 140 Å². The lowest BCUT2D eigenvalue weighted by molar-refractivity contribution is 0.296. The molecule has 1 aromatic carbocycles. The molecule has 0 radical (unpaired) electrons. The van der Waals surface area contributed by atoms with Crippen LogP contribution < -0.4 is 4.52 Å². The van der Waals surface area contributed by atoms with Crippen molar-refractivity contribution in [1.82, 2.24) is 0 Å². The second-order valence-electron chi connectivity index (χ2n) is 4.06. The van der Waals surface area contributed by atoms with E-state index < -0.39 is 6.80 Å². The van der Waals surface area contributed by atoms with Crippen LogP contribution in [0.1, 0.15) is 32.8 Å². The van der Waals surface area contributed by atoms with Crippen molar-refractivity contribution < 1.29 is 13.6 Å². The molecule has 0 saturated carbocycles. The predicted octanol–water partition coefficient (Wildman–Crippen LogP) is 6.69. The van der Waals surface area contributed by atoms with Gasteiger partial charge < -0.3 is 4.52 Å². The molecule has 0 spiro atoms.